The number of hydrogen-bond donors (Lipinski definition) is 2. The molecule has 4 heteroatoms. The first-order valence-electron chi connectivity index (χ1n) is 5.94. The molecule has 2 atom stereocenters. The SMILES string of the molecule is Cc1cnc(NCC2CCCC(O)C2)nc1. The van der Waals surface area contributed by atoms with Gasteiger partial charge in [0.1, 0.15) is 0 Å². The Morgan fingerprint density at radius 3 is 2.81 bits per heavy atom. The Balaban J connectivity index is 1.80. The van der Waals surface area contributed by atoms with Crippen molar-refractivity contribution in [2.75, 3.05) is 11.9 Å². The average molecular weight is 221 g/mol. The van der Waals surface area contributed by atoms with Crippen LogP contribution in [-0.4, -0.2) is 27.7 Å². The molecule has 0 saturated heterocycles. The molecule has 2 unspecified atom stereocenters. The van der Waals surface area contributed by atoms with Crippen LogP contribution in [0, 0.1) is 12.8 Å². The van der Waals surface area contributed by atoms with Crippen LogP contribution in [0.1, 0.15) is 31.2 Å². The van der Waals surface area contributed by atoms with Gasteiger partial charge < -0.3 is 10.4 Å². The highest BCUT2D eigenvalue weighted by molar-refractivity contribution is 5.24. The Bertz CT molecular complexity index is 326. The Hall–Kier alpha value is -1.16. The fraction of sp³-hybridized carbons (Fsp3) is 0.667. The standard InChI is InChI=1S/C12H19N3O/c1-9-6-13-12(14-7-9)15-8-10-3-2-4-11(16)5-10/h6-7,10-11,16H,2-5,8H2,1H3,(H,13,14,15). The fourth-order valence-electron chi connectivity index (χ4n) is 2.17. The van der Waals surface area contributed by atoms with Crippen molar-refractivity contribution in [3.8, 4) is 0 Å². The molecular weight excluding hydrogens is 202 g/mol. The smallest absolute Gasteiger partial charge is 0.222 e. The minimum Gasteiger partial charge on any atom is -0.393 e. The first-order valence-corrected chi connectivity index (χ1v) is 5.94. The second-order valence-corrected chi connectivity index (χ2v) is 4.65. The summed E-state index contributed by atoms with van der Waals surface area (Å²) < 4.78 is 0. The van der Waals surface area contributed by atoms with E-state index in [9.17, 15) is 5.11 Å². The van der Waals surface area contributed by atoms with Gasteiger partial charge in [-0.2, -0.15) is 0 Å². The number of aryl methyl sites for hydroxylation is 1. The van der Waals surface area contributed by atoms with E-state index >= 15 is 0 Å². The Morgan fingerprint density at radius 1 is 1.38 bits per heavy atom. The second kappa shape index (κ2) is 5.25. The van der Waals surface area contributed by atoms with Crippen LogP contribution < -0.4 is 5.32 Å². The molecule has 1 aromatic rings. The summed E-state index contributed by atoms with van der Waals surface area (Å²) in [5, 5.41) is 12.8. The van der Waals surface area contributed by atoms with Crippen LogP contribution >= 0.6 is 0 Å². The summed E-state index contributed by atoms with van der Waals surface area (Å²) in [6.45, 7) is 2.83. The summed E-state index contributed by atoms with van der Waals surface area (Å²) in [7, 11) is 0. The normalized spacial score (nSPS) is 25.4. The van der Waals surface area contributed by atoms with Crippen LogP contribution in [0.2, 0.25) is 0 Å². The molecule has 0 bridgehead atoms. The number of rotatable bonds is 3. The maximum Gasteiger partial charge on any atom is 0.222 e. The maximum absolute atomic E-state index is 9.55. The zero-order valence-electron chi connectivity index (χ0n) is 9.69. The van der Waals surface area contributed by atoms with Crippen LogP contribution in [0.25, 0.3) is 0 Å². The van der Waals surface area contributed by atoms with E-state index < -0.39 is 0 Å². The highest BCUT2D eigenvalue weighted by Gasteiger charge is 2.19. The molecule has 1 fully saturated rings. The van der Waals surface area contributed by atoms with Crippen LogP contribution in [-0.2, 0) is 0 Å². The Morgan fingerprint density at radius 2 is 2.12 bits per heavy atom. The van der Waals surface area contributed by atoms with Crippen molar-refractivity contribution in [3.05, 3.63) is 18.0 Å². The summed E-state index contributed by atoms with van der Waals surface area (Å²) in [5.41, 5.74) is 1.07. The number of anilines is 1. The molecule has 1 saturated carbocycles. The quantitative estimate of drug-likeness (QED) is 0.816. The van der Waals surface area contributed by atoms with Gasteiger partial charge in [0.15, 0.2) is 0 Å². The van der Waals surface area contributed by atoms with Crippen LogP contribution in [0.3, 0.4) is 0 Å². The fourth-order valence-corrected chi connectivity index (χ4v) is 2.17. The summed E-state index contributed by atoms with van der Waals surface area (Å²) in [5.74, 6) is 1.24. The lowest BCUT2D eigenvalue weighted by Gasteiger charge is -2.25. The molecule has 0 spiro atoms. The summed E-state index contributed by atoms with van der Waals surface area (Å²) in [6, 6.07) is 0. The van der Waals surface area contributed by atoms with Crippen LogP contribution in [0.4, 0.5) is 5.95 Å². The first-order chi connectivity index (χ1) is 7.74. The van der Waals surface area contributed by atoms with E-state index in [0.29, 0.717) is 11.9 Å². The number of aromatic nitrogens is 2. The number of nitrogens with one attached hydrogen (secondary N) is 1. The van der Waals surface area contributed by atoms with Gasteiger partial charge in [0.2, 0.25) is 5.95 Å². The zero-order chi connectivity index (χ0) is 11.4. The van der Waals surface area contributed by atoms with Crippen molar-refractivity contribution in [3.63, 3.8) is 0 Å². The van der Waals surface area contributed by atoms with E-state index in [1.807, 2.05) is 19.3 Å². The molecular formula is C12H19N3O. The highest BCUT2D eigenvalue weighted by atomic mass is 16.3. The van der Waals surface area contributed by atoms with Crippen molar-refractivity contribution in [1.82, 2.24) is 9.97 Å². The van der Waals surface area contributed by atoms with Gasteiger partial charge >= 0.3 is 0 Å². The highest BCUT2D eigenvalue weighted by Crippen LogP contribution is 2.24. The van der Waals surface area contributed by atoms with Gasteiger partial charge in [0.25, 0.3) is 0 Å². The molecule has 0 aliphatic heterocycles. The second-order valence-electron chi connectivity index (χ2n) is 4.65. The lowest BCUT2D eigenvalue weighted by Crippen LogP contribution is -2.25. The van der Waals surface area contributed by atoms with Crippen molar-refractivity contribution < 1.29 is 5.11 Å². The molecule has 0 radical (unpaired) electrons. The monoisotopic (exact) mass is 221 g/mol. The first kappa shape index (κ1) is 11.3. The van der Waals surface area contributed by atoms with Gasteiger partial charge in [-0.3, -0.25) is 0 Å². The molecule has 4 nitrogen and oxygen atoms in total. The number of hydrogen-bond acceptors (Lipinski definition) is 4. The molecule has 2 N–H and O–H groups in total. The third-order valence-corrected chi connectivity index (χ3v) is 3.08. The third kappa shape index (κ3) is 3.17. The predicted molar refractivity (Wildman–Crippen MR) is 63.2 cm³/mol. The summed E-state index contributed by atoms with van der Waals surface area (Å²) >= 11 is 0. The lowest BCUT2D eigenvalue weighted by atomic mass is 9.87. The Kier molecular flexibility index (Phi) is 3.72. The maximum atomic E-state index is 9.55. The number of nitrogens with zero attached hydrogens (tertiary/aromatic N) is 2. The van der Waals surface area contributed by atoms with E-state index in [1.54, 1.807) is 0 Å². The van der Waals surface area contributed by atoms with Crippen molar-refractivity contribution in [2.24, 2.45) is 5.92 Å². The molecule has 16 heavy (non-hydrogen) atoms. The van der Waals surface area contributed by atoms with Crippen molar-refractivity contribution in [2.45, 2.75) is 38.7 Å². The van der Waals surface area contributed by atoms with E-state index in [4.69, 9.17) is 0 Å². The van der Waals surface area contributed by atoms with Gasteiger partial charge in [0, 0.05) is 18.9 Å². The number of aliphatic hydroxyl groups excluding tert-OH is 1. The lowest BCUT2D eigenvalue weighted by molar-refractivity contribution is 0.104. The minimum atomic E-state index is -0.112. The number of aliphatic hydroxyl groups is 1. The molecule has 2 rings (SSSR count). The van der Waals surface area contributed by atoms with Crippen LogP contribution in [0.15, 0.2) is 12.4 Å². The van der Waals surface area contributed by atoms with Gasteiger partial charge in [-0.1, -0.05) is 6.42 Å². The van der Waals surface area contributed by atoms with Gasteiger partial charge in [-0.25, -0.2) is 9.97 Å². The van der Waals surface area contributed by atoms with E-state index in [1.165, 1.54) is 6.42 Å². The van der Waals surface area contributed by atoms with Crippen molar-refractivity contribution >= 4 is 5.95 Å². The minimum absolute atomic E-state index is 0.112. The van der Waals surface area contributed by atoms with Crippen molar-refractivity contribution in [1.29, 1.82) is 0 Å². The van der Waals surface area contributed by atoms with Gasteiger partial charge in [-0.05, 0) is 37.7 Å². The van der Waals surface area contributed by atoms with Gasteiger partial charge in [0.05, 0.1) is 6.10 Å². The molecule has 0 amide bonds. The largest absolute Gasteiger partial charge is 0.393 e. The molecule has 1 aromatic heterocycles. The third-order valence-electron chi connectivity index (χ3n) is 3.08. The van der Waals surface area contributed by atoms with Crippen LogP contribution in [0.5, 0.6) is 0 Å². The van der Waals surface area contributed by atoms with E-state index in [2.05, 4.69) is 15.3 Å². The molecule has 88 valence electrons. The topological polar surface area (TPSA) is 58.0 Å². The average Bonchev–Trinajstić information content (AvgIpc) is 2.28. The molecule has 1 aliphatic carbocycles. The predicted octanol–water partition coefficient (Wildman–Crippen LogP) is 1.75. The van der Waals surface area contributed by atoms with E-state index in [-0.39, 0.29) is 6.10 Å². The summed E-state index contributed by atoms with van der Waals surface area (Å²) in [6.07, 6.45) is 7.68. The molecule has 1 aliphatic rings. The van der Waals surface area contributed by atoms with E-state index in [0.717, 1.165) is 31.4 Å². The summed E-state index contributed by atoms with van der Waals surface area (Å²) in [4.78, 5) is 8.39. The van der Waals surface area contributed by atoms with Gasteiger partial charge in [-0.15, -0.1) is 0 Å². The zero-order valence-corrected chi connectivity index (χ0v) is 9.69. The molecule has 1 heterocycles. The molecule has 0 aromatic carbocycles. The Labute approximate surface area is 96.1 Å².